The Morgan fingerprint density at radius 2 is 2.03 bits per heavy atom. The van der Waals surface area contributed by atoms with Crippen molar-refractivity contribution in [3.8, 4) is 22.6 Å². The summed E-state index contributed by atoms with van der Waals surface area (Å²) in [6.07, 6.45) is 4.62. The Labute approximate surface area is 227 Å². The fraction of sp³-hybridized carbons (Fsp3) is 0.308. The van der Waals surface area contributed by atoms with Gasteiger partial charge >= 0.3 is 0 Å². The van der Waals surface area contributed by atoms with Gasteiger partial charge in [-0.15, -0.1) is 12.4 Å². The maximum atomic E-state index is 14.9. The average molecular weight is 558 g/mol. The van der Waals surface area contributed by atoms with Gasteiger partial charge in [-0.05, 0) is 56.1 Å². The predicted octanol–water partition coefficient (Wildman–Crippen LogP) is 5.12. The Morgan fingerprint density at radius 1 is 1.18 bits per heavy atom. The Balaban J connectivity index is 0.00000294. The molecule has 3 aromatic heterocycles. The van der Waals surface area contributed by atoms with Gasteiger partial charge in [-0.2, -0.15) is 5.10 Å². The number of aromatic amines is 1. The maximum absolute atomic E-state index is 14.9. The van der Waals surface area contributed by atoms with Gasteiger partial charge in [-0.1, -0.05) is 17.4 Å². The van der Waals surface area contributed by atoms with Crippen molar-refractivity contribution in [2.24, 2.45) is 0 Å². The molecule has 6 rings (SSSR count). The van der Waals surface area contributed by atoms with Gasteiger partial charge in [0.05, 0.1) is 15.9 Å². The molecule has 198 valence electrons. The summed E-state index contributed by atoms with van der Waals surface area (Å²) in [5, 5.41) is 9.60. The first-order chi connectivity index (χ1) is 18.0. The number of carbonyl (C=O) groups excluding carboxylic acids is 1. The minimum absolute atomic E-state index is 0. The molecule has 38 heavy (non-hydrogen) atoms. The molecule has 1 fully saturated rings. The smallest absolute Gasteiger partial charge is 0.251 e. The topological polar surface area (TPSA) is 91.2 Å². The largest absolute Gasteiger partial charge is 0.352 e. The van der Waals surface area contributed by atoms with Gasteiger partial charge in [0.1, 0.15) is 18.3 Å². The van der Waals surface area contributed by atoms with E-state index in [-0.39, 0.29) is 18.3 Å². The Bertz CT molecular complexity index is 1560. The summed E-state index contributed by atoms with van der Waals surface area (Å²) in [5.41, 5.74) is 3.01. The van der Waals surface area contributed by atoms with Crippen molar-refractivity contribution in [3.05, 3.63) is 60.3 Å². The molecule has 8 nitrogen and oxygen atoms in total. The molecule has 2 N–H and O–H groups in total. The second-order valence-electron chi connectivity index (χ2n) is 9.21. The summed E-state index contributed by atoms with van der Waals surface area (Å²) >= 11 is 1.45. The zero-order valence-electron chi connectivity index (χ0n) is 20.4. The number of likely N-dealkylation sites (tertiary alicyclic amines) is 1. The number of hydrogen-bond donors (Lipinski definition) is 2. The van der Waals surface area contributed by atoms with Crippen LogP contribution < -0.4 is 5.32 Å². The van der Waals surface area contributed by atoms with Crippen molar-refractivity contribution in [1.29, 1.82) is 0 Å². The third kappa shape index (κ3) is 5.27. The molecule has 0 saturated carbocycles. The van der Waals surface area contributed by atoms with Crippen LogP contribution >= 0.6 is 23.7 Å². The van der Waals surface area contributed by atoms with Gasteiger partial charge < -0.3 is 10.2 Å². The monoisotopic (exact) mass is 557 g/mol. The number of aromatic nitrogens is 5. The molecule has 0 unspecified atom stereocenters. The summed E-state index contributed by atoms with van der Waals surface area (Å²) in [7, 11) is 0. The number of nitrogens with one attached hydrogen (secondary N) is 2. The number of halogens is 3. The van der Waals surface area contributed by atoms with Crippen molar-refractivity contribution in [1.82, 2.24) is 34.8 Å². The molecule has 0 radical (unpaired) electrons. The maximum Gasteiger partial charge on any atom is 0.251 e. The third-order valence-corrected chi connectivity index (χ3v) is 7.75. The number of fused-ring (bicyclic) bond motifs is 3. The molecule has 1 aliphatic rings. The van der Waals surface area contributed by atoms with Gasteiger partial charge in [0, 0.05) is 42.5 Å². The number of thiazole rings is 1. The van der Waals surface area contributed by atoms with E-state index in [0.29, 0.717) is 47.6 Å². The normalized spacial score (nSPS) is 14.7. The molecular formula is C26H26ClF2N7OS. The number of amides is 1. The highest BCUT2D eigenvalue weighted by atomic mass is 35.5. The van der Waals surface area contributed by atoms with Crippen molar-refractivity contribution >= 4 is 44.8 Å². The lowest BCUT2D eigenvalue weighted by molar-refractivity contribution is 0.0950. The van der Waals surface area contributed by atoms with Crippen LogP contribution in [0.5, 0.6) is 0 Å². The molecule has 5 aromatic rings. The molecular weight excluding hydrogens is 532 g/mol. The molecule has 2 aromatic carbocycles. The summed E-state index contributed by atoms with van der Waals surface area (Å²) in [6.45, 7) is 3.01. The Hall–Kier alpha value is -3.41. The second kappa shape index (κ2) is 11.1. The van der Waals surface area contributed by atoms with Crippen LogP contribution in [0.4, 0.5) is 8.78 Å². The molecule has 0 aliphatic carbocycles. The highest BCUT2D eigenvalue weighted by Crippen LogP contribution is 2.32. The van der Waals surface area contributed by atoms with Gasteiger partial charge in [0.15, 0.2) is 10.8 Å². The SMILES string of the molecule is Cl.O=C(NCCCN1CCC(F)CC1)c1ccc2c(c1)sc1nc(-c3ccc(-c4nc[nH]n4)cc3F)cn12. The minimum Gasteiger partial charge on any atom is -0.352 e. The second-order valence-corrected chi connectivity index (χ2v) is 10.2. The fourth-order valence-corrected chi connectivity index (χ4v) is 5.76. The van der Waals surface area contributed by atoms with E-state index in [1.165, 1.54) is 23.7 Å². The third-order valence-electron chi connectivity index (χ3n) is 6.73. The van der Waals surface area contributed by atoms with E-state index in [1.54, 1.807) is 18.2 Å². The zero-order valence-corrected chi connectivity index (χ0v) is 22.0. The summed E-state index contributed by atoms with van der Waals surface area (Å²) in [4.78, 5) is 24.3. The van der Waals surface area contributed by atoms with E-state index in [2.05, 4.69) is 30.4 Å². The van der Waals surface area contributed by atoms with Gasteiger partial charge in [0.25, 0.3) is 5.91 Å². The van der Waals surface area contributed by atoms with Crippen LogP contribution in [0, 0.1) is 5.82 Å². The zero-order chi connectivity index (χ0) is 25.4. The van der Waals surface area contributed by atoms with Crippen LogP contribution in [-0.2, 0) is 0 Å². The summed E-state index contributed by atoms with van der Waals surface area (Å²) in [5.74, 6) is -0.0896. The lowest BCUT2D eigenvalue weighted by Gasteiger charge is -2.28. The average Bonchev–Trinajstić information content (AvgIpc) is 3.64. The summed E-state index contributed by atoms with van der Waals surface area (Å²) < 4.78 is 31.0. The van der Waals surface area contributed by atoms with Gasteiger partial charge in [-0.3, -0.25) is 14.3 Å². The highest BCUT2D eigenvalue weighted by molar-refractivity contribution is 7.23. The van der Waals surface area contributed by atoms with Crippen LogP contribution in [0.2, 0.25) is 0 Å². The van der Waals surface area contributed by atoms with E-state index < -0.39 is 12.0 Å². The molecule has 12 heteroatoms. The molecule has 0 bridgehead atoms. The molecule has 0 spiro atoms. The molecule has 4 heterocycles. The van der Waals surface area contributed by atoms with Crippen molar-refractivity contribution in [3.63, 3.8) is 0 Å². The molecule has 0 atom stereocenters. The first kappa shape index (κ1) is 26.2. The number of nitrogens with zero attached hydrogens (tertiary/aromatic N) is 5. The predicted molar refractivity (Wildman–Crippen MR) is 146 cm³/mol. The van der Waals surface area contributed by atoms with Crippen LogP contribution in [0.25, 0.3) is 37.8 Å². The number of piperidine rings is 1. The van der Waals surface area contributed by atoms with E-state index in [9.17, 15) is 13.6 Å². The van der Waals surface area contributed by atoms with Crippen LogP contribution in [0.3, 0.4) is 0 Å². The number of benzene rings is 2. The molecule has 1 amide bonds. The van der Waals surface area contributed by atoms with E-state index in [4.69, 9.17) is 0 Å². The number of imidazole rings is 1. The van der Waals surface area contributed by atoms with E-state index in [0.717, 1.165) is 41.2 Å². The minimum atomic E-state index is -0.670. The van der Waals surface area contributed by atoms with Gasteiger partial charge in [-0.25, -0.2) is 18.7 Å². The first-order valence-electron chi connectivity index (χ1n) is 12.3. The van der Waals surface area contributed by atoms with E-state index in [1.807, 2.05) is 22.7 Å². The standard InChI is InChI=1S/C26H25F2N7OS.ClH/c27-18-6-10-34(11-7-18)9-1-8-29-25(36)17-3-5-22-23(13-17)37-26-32-21(14-35(22)26)19-4-2-16(12-20(19)28)24-30-15-31-33-24;/h2-5,12-15,18H,1,6-11H2,(H,29,36)(H,30,31,33);1H. The van der Waals surface area contributed by atoms with Crippen molar-refractivity contribution in [2.45, 2.75) is 25.4 Å². The van der Waals surface area contributed by atoms with Crippen molar-refractivity contribution in [2.75, 3.05) is 26.2 Å². The van der Waals surface area contributed by atoms with Gasteiger partial charge in [0.2, 0.25) is 0 Å². The number of alkyl halides is 1. The lowest BCUT2D eigenvalue weighted by atomic mass is 10.1. The quantitative estimate of drug-likeness (QED) is 0.271. The number of carbonyl (C=O) groups is 1. The van der Waals surface area contributed by atoms with Crippen LogP contribution in [-0.4, -0.2) is 67.7 Å². The van der Waals surface area contributed by atoms with Crippen LogP contribution in [0.15, 0.2) is 48.9 Å². The number of H-pyrrole nitrogens is 1. The molecule has 1 saturated heterocycles. The van der Waals surface area contributed by atoms with Crippen LogP contribution in [0.1, 0.15) is 29.6 Å². The number of rotatable bonds is 7. The Morgan fingerprint density at radius 3 is 2.79 bits per heavy atom. The van der Waals surface area contributed by atoms with Crippen molar-refractivity contribution < 1.29 is 13.6 Å². The lowest BCUT2D eigenvalue weighted by Crippen LogP contribution is -2.36. The van der Waals surface area contributed by atoms with E-state index >= 15 is 0 Å². The molecule has 1 aliphatic heterocycles. The highest BCUT2D eigenvalue weighted by Gasteiger charge is 2.18. The Kier molecular flexibility index (Phi) is 7.68. The number of hydrogen-bond acceptors (Lipinski definition) is 6. The summed E-state index contributed by atoms with van der Waals surface area (Å²) in [6, 6.07) is 10.4. The fourth-order valence-electron chi connectivity index (χ4n) is 4.71. The first-order valence-corrected chi connectivity index (χ1v) is 13.1.